The molecule has 0 saturated heterocycles. The molecule has 0 bridgehead atoms. The first-order valence-electron chi connectivity index (χ1n) is 7.70. The van der Waals surface area contributed by atoms with Crippen molar-refractivity contribution in [1.29, 1.82) is 0 Å². The molecule has 0 rings (SSSR count). The Hall–Kier alpha value is -0.530. The lowest BCUT2D eigenvalue weighted by Crippen LogP contribution is -2.12. The Bertz CT molecular complexity index is 209. The van der Waals surface area contributed by atoms with Gasteiger partial charge >= 0.3 is 5.97 Å². The average Bonchev–Trinajstić information content (AvgIpc) is 2.27. The molecule has 0 amide bonds. The number of carbonyl (C=O) groups is 1. The van der Waals surface area contributed by atoms with Gasteiger partial charge < -0.3 is 5.11 Å². The number of carboxylic acids is 1. The fourth-order valence-corrected chi connectivity index (χ4v) is 2.40. The third kappa shape index (κ3) is 11.9. The summed E-state index contributed by atoms with van der Waals surface area (Å²) in [5.41, 5.74) is 0.318. The van der Waals surface area contributed by atoms with Crippen LogP contribution in [0.1, 0.15) is 91.4 Å². The highest BCUT2D eigenvalue weighted by molar-refractivity contribution is 5.66. The van der Waals surface area contributed by atoms with Gasteiger partial charge in [-0.05, 0) is 24.7 Å². The number of rotatable bonds is 12. The van der Waals surface area contributed by atoms with Gasteiger partial charge in [-0.2, -0.15) is 0 Å². The predicted octanol–water partition coefficient (Wildman–Crippen LogP) is 5.41. The molecule has 0 aromatic rings. The van der Waals surface area contributed by atoms with Crippen LogP contribution in [-0.2, 0) is 4.79 Å². The van der Waals surface area contributed by atoms with E-state index in [0.717, 1.165) is 12.8 Å². The molecule has 0 aromatic carbocycles. The molecule has 0 atom stereocenters. The highest BCUT2D eigenvalue weighted by Crippen LogP contribution is 2.30. The summed E-state index contributed by atoms with van der Waals surface area (Å²) < 4.78 is 0. The molecule has 18 heavy (non-hydrogen) atoms. The minimum Gasteiger partial charge on any atom is -0.481 e. The van der Waals surface area contributed by atoms with E-state index in [-0.39, 0.29) is 0 Å². The molecule has 0 radical (unpaired) electrons. The largest absolute Gasteiger partial charge is 0.481 e. The monoisotopic (exact) mass is 256 g/mol. The van der Waals surface area contributed by atoms with Crippen molar-refractivity contribution in [3.8, 4) is 0 Å². The molecular formula is C16H32O2. The second kappa shape index (κ2) is 10.4. The number of aliphatic carboxylic acids is 1. The summed E-state index contributed by atoms with van der Waals surface area (Å²) in [4.78, 5) is 10.5. The van der Waals surface area contributed by atoms with Gasteiger partial charge in [0.1, 0.15) is 0 Å². The Morgan fingerprint density at radius 3 is 1.94 bits per heavy atom. The highest BCUT2D eigenvalue weighted by Gasteiger charge is 2.17. The Balaban J connectivity index is 3.43. The molecule has 0 saturated carbocycles. The standard InChI is InChI=1S/C16H32O2/c1-4-5-6-7-8-9-10-13-16(2,3)14-11-12-15(17)18/h4-14H2,1-3H3,(H,17,18). The molecule has 0 aromatic heterocycles. The maximum absolute atomic E-state index is 10.5. The van der Waals surface area contributed by atoms with Crippen molar-refractivity contribution in [2.75, 3.05) is 0 Å². The van der Waals surface area contributed by atoms with Crippen LogP contribution in [0.4, 0.5) is 0 Å². The summed E-state index contributed by atoms with van der Waals surface area (Å²) in [5.74, 6) is -0.665. The summed E-state index contributed by atoms with van der Waals surface area (Å²) in [5, 5.41) is 8.63. The normalized spacial score (nSPS) is 11.7. The molecule has 2 heteroatoms. The fraction of sp³-hybridized carbons (Fsp3) is 0.938. The van der Waals surface area contributed by atoms with E-state index in [1.807, 2.05) is 0 Å². The summed E-state index contributed by atoms with van der Waals surface area (Å²) in [7, 11) is 0. The topological polar surface area (TPSA) is 37.3 Å². The van der Waals surface area contributed by atoms with Crippen molar-refractivity contribution >= 4 is 5.97 Å². The van der Waals surface area contributed by atoms with Crippen molar-refractivity contribution in [1.82, 2.24) is 0 Å². The maximum Gasteiger partial charge on any atom is 0.303 e. The average molecular weight is 256 g/mol. The minimum absolute atomic E-state index is 0.318. The van der Waals surface area contributed by atoms with Gasteiger partial charge in [0.25, 0.3) is 0 Å². The first-order valence-corrected chi connectivity index (χ1v) is 7.70. The van der Waals surface area contributed by atoms with Gasteiger partial charge in [-0.3, -0.25) is 4.79 Å². The summed E-state index contributed by atoms with van der Waals surface area (Å²) >= 11 is 0. The molecule has 108 valence electrons. The third-order valence-electron chi connectivity index (χ3n) is 3.70. The first-order chi connectivity index (χ1) is 8.48. The number of carboxylic acid groups (broad SMARTS) is 1. The van der Waals surface area contributed by atoms with E-state index in [4.69, 9.17) is 5.11 Å². The molecule has 1 N–H and O–H groups in total. The van der Waals surface area contributed by atoms with Crippen molar-refractivity contribution in [2.45, 2.75) is 91.4 Å². The van der Waals surface area contributed by atoms with E-state index in [9.17, 15) is 4.79 Å². The second-order valence-electron chi connectivity index (χ2n) is 6.28. The van der Waals surface area contributed by atoms with Crippen LogP contribution >= 0.6 is 0 Å². The lowest BCUT2D eigenvalue weighted by molar-refractivity contribution is -0.137. The van der Waals surface area contributed by atoms with Gasteiger partial charge in [0, 0.05) is 6.42 Å². The lowest BCUT2D eigenvalue weighted by Gasteiger charge is -2.24. The van der Waals surface area contributed by atoms with Crippen LogP contribution in [0.5, 0.6) is 0 Å². The van der Waals surface area contributed by atoms with Gasteiger partial charge in [-0.1, -0.05) is 65.7 Å². The quantitative estimate of drug-likeness (QED) is 0.474. The van der Waals surface area contributed by atoms with Crippen molar-refractivity contribution in [3.05, 3.63) is 0 Å². The summed E-state index contributed by atoms with van der Waals surface area (Å²) in [6.07, 6.45) is 12.9. The predicted molar refractivity (Wildman–Crippen MR) is 77.9 cm³/mol. The Kier molecular flexibility index (Phi) is 10.1. The molecule has 2 nitrogen and oxygen atoms in total. The molecular weight excluding hydrogens is 224 g/mol. The van der Waals surface area contributed by atoms with Gasteiger partial charge in [0.2, 0.25) is 0 Å². The van der Waals surface area contributed by atoms with Crippen LogP contribution in [0.3, 0.4) is 0 Å². The highest BCUT2D eigenvalue weighted by atomic mass is 16.4. The van der Waals surface area contributed by atoms with Crippen molar-refractivity contribution in [3.63, 3.8) is 0 Å². The van der Waals surface area contributed by atoms with E-state index in [0.29, 0.717) is 11.8 Å². The minimum atomic E-state index is -0.665. The lowest BCUT2D eigenvalue weighted by atomic mass is 9.82. The molecule has 0 heterocycles. The Morgan fingerprint density at radius 2 is 1.39 bits per heavy atom. The maximum atomic E-state index is 10.5. The molecule has 0 fully saturated rings. The van der Waals surface area contributed by atoms with E-state index >= 15 is 0 Å². The molecule has 0 unspecified atom stereocenters. The Morgan fingerprint density at radius 1 is 0.889 bits per heavy atom. The first kappa shape index (κ1) is 17.5. The zero-order valence-electron chi connectivity index (χ0n) is 12.6. The van der Waals surface area contributed by atoms with E-state index < -0.39 is 5.97 Å². The Labute approximate surface area is 113 Å². The molecule has 0 aliphatic carbocycles. The zero-order chi connectivity index (χ0) is 13.9. The van der Waals surface area contributed by atoms with Crippen LogP contribution < -0.4 is 0 Å². The zero-order valence-corrected chi connectivity index (χ0v) is 12.6. The SMILES string of the molecule is CCCCCCCCCC(C)(C)CCCC(=O)O. The molecule has 0 aliphatic rings. The number of unbranched alkanes of at least 4 members (excludes halogenated alkanes) is 6. The second-order valence-corrected chi connectivity index (χ2v) is 6.28. The van der Waals surface area contributed by atoms with Gasteiger partial charge in [-0.15, -0.1) is 0 Å². The van der Waals surface area contributed by atoms with Crippen LogP contribution in [0, 0.1) is 5.41 Å². The van der Waals surface area contributed by atoms with Crippen LogP contribution in [0.2, 0.25) is 0 Å². The van der Waals surface area contributed by atoms with E-state index in [1.165, 1.54) is 51.4 Å². The van der Waals surface area contributed by atoms with Crippen LogP contribution in [0.15, 0.2) is 0 Å². The van der Waals surface area contributed by atoms with Gasteiger partial charge in [0.05, 0.1) is 0 Å². The number of hydrogen-bond donors (Lipinski definition) is 1. The van der Waals surface area contributed by atoms with Gasteiger partial charge in [-0.25, -0.2) is 0 Å². The fourth-order valence-electron chi connectivity index (χ4n) is 2.40. The van der Waals surface area contributed by atoms with Crippen molar-refractivity contribution < 1.29 is 9.90 Å². The smallest absolute Gasteiger partial charge is 0.303 e. The molecule has 0 aliphatic heterocycles. The summed E-state index contributed by atoms with van der Waals surface area (Å²) in [6, 6.07) is 0. The van der Waals surface area contributed by atoms with Crippen LogP contribution in [-0.4, -0.2) is 11.1 Å². The summed E-state index contributed by atoms with van der Waals surface area (Å²) in [6.45, 7) is 6.79. The van der Waals surface area contributed by atoms with E-state index in [1.54, 1.807) is 0 Å². The van der Waals surface area contributed by atoms with Crippen LogP contribution in [0.25, 0.3) is 0 Å². The van der Waals surface area contributed by atoms with Gasteiger partial charge in [0.15, 0.2) is 0 Å². The number of hydrogen-bond acceptors (Lipinski definition) is 1. The van der Waals surface area contributed by atoms with E-state index in [2.05, 4.69) is 20.8 Å². The third-order valence-corrected chi connectivity index (χ3v) is 3.70. The van der Waals surface area contributed by atoms with Crippen molar-refractivity contribution in [2.24, 2.45) is 5.41 Å². The molecule has 0 spiro atoms.